The summed E-state index contributed by atoms with van der Waals surface area (Å²) in [5.41, 5.74) is 1.24. The van der Waals surface area contributed by atoms with Gasteiger partial charge in [-0.05, 0) is 25.0 Å². The zero-order chi connectivity index (χ0) is 20.9. The minimum absolute atomic E-state index is 0.150. The van der Waals surface area contributed by atoms with Gasteiger partial charge in [-0.25, -0.2) is 4.68 Å². The summed E-state index contributed by atoms with van der Waals surface area (Å²) < 4.78 is 1.61. The van der Waals surface area contributed by atoms with Crippen molar-refractivity contribution < 1.29 is 9.59 Å². The monoisotopic (exact) mass is 429 g/mol. The molecule has 2 fully saturated rings. The van der Waals surface area contributed by atoms with E-state index in [1.54, 1.807) is 23.1 Å². The molecule has 2 aromatic rings. The Hall–Kier alpha value is -2.38. The van der Waals surface area contributed by atoms with Gasteiger partial charge in [0.1, 0.15) is 0 Å². The number of carbonyl (C=O) groups excluding carboxylic acids is 2. The van der Waals surface area contributed by atoms with E-state index in [0.29, 0.717) is 23.0 Å². The van der Waals surface area contributed by atoms with E-state index in [-0.39, 0.29) is 11.8 Å². The van der Waals surface area contributed by atoms with Crippen molar-refractivity contribution in [2.45, 2.75) is 25.7 Å². The molecule has 1 saturated carbocycles. The highest BCUT2D eigenvalue weighted by molar-refractivity contribution is 6.32. The third-order valence-corrected chi connectivity index (χ3v) is 6.37. The van der Waals surface area contributed by atoms with Gasteiger partial charge in [0.05, 0.1) is 22.5 Å². The first-order chi connectivity index (χ1) is 14.6. The van der Waals surface area contributed by atoms with Crippen molar-refractivity contribution in [3.63, 3.8) is 0 Å². The fraction of sp³-hybridized carbons (Fsp3) is 0.500. The molecule has 2 aliphatic rings. The molecule has 0 atom stereocenters. The SMILES string of the molecule is O=C(NCCN1CCN(C(=O)C2CCCC2)CC1)c1cnn(-c2ccccc2Cl)c1. The lowest BCUT2D eigenvalue weighted by Gasteiger charge is -2.36. The van der Waals surface area contributed by atoms with Crippen molar-refractivity contribution in [3.8, 4) is 5.69 Å². The predicted molar refractivity (Wildman–Crippen MR) is 116 cm³/mol. The number of rotatable bonds is 6. The molecule has 1 aliphatic carbocycles. The van der Waals surface area contributed by atoms with Crippen molar-refractivity contribution in [3.05, 3.63) is 47.2 Å². The van der Waals surface area contributed by atoms with E-state index in [1.165, 1.54) is 12.8 Å². The van der Waals surface area contributed by atoms with Crippen molar-refractivity contribution in [1.29, 1.82) is 0 Å². The van der Waals surface area contributed by atoms with Gasteiger partial charge in [-0.15, -0.1) is 0 Å². The van der Waals surface area contributed by atoms with Crippen LogP contribution in [0.3, 0.4) is 0 Å². The molecule has 4 rings (SSSR count). The van der Waals surface area contributed by atoms with E-state index in [2.05, 4.69) is 15.3 Å². The Morgan fingerprint density at radius 1 is 1.10 bits per heavy atom. The molecular weight excluding hydrogens is 402 g/mol. The van der Waals surface area contributed by atoms with Crippen LogP contribution >= 0.6 is 11.6 Å². The smallest absolute Gasteiger partial charge is 0.254 e. The number of nitrogens with one attached hydrogen (secondary N) is 1. The normalized spacial score (nSPS) is 18.0. The van der Waals surface area contributed by atoms with Crippen molar-refractivity contribution in [2.75, 3.05) is 39.3 Å². The van der Waals surface area contributed by atoms with Crippen molar-refractivity contribution in [2.24, 2.45) is 5.92 Å². The highest BCUT2D eigenvalue weighted by Gasteiger charge is 2.29. The van der Waals surface area contributed by atoms with Crippen LogP contribution < -0.4 is 5.32 Å². The van der Waals surface area contributed by atoms with Gasteiger partial charge in [-0.2, -0.15) is 5.10 Å². The highest BCUT2D eigenvalue weighted by atomic mass is 35.5. The van der Waals surface area contributed by atoms with E-state index >= 15 is 0 Å². The molecule has 0 spiro atoms. The second kappa shape index (κ2) is 9.62. The Bertz CT molecular complexity index is 885. The van der Waals surface area contributed by atoms with E-state index < -0.39 is 0 Å². The van der Waals surface area contributed by atoms with Gasteiger partial charge in [0.15, 0.2) is 0 Å². The molecule has 1 saturated heterocycles. The highest BCUT2D eigenvalue weighted by Crippen LogP contribution is 2.27. The lowest BCUT2D eigenvalue weighted by atomic mass is 10.1. The summed E-state index contributed by atoms with van der Waals surface area (Å²) in [5.74, 6) is 0.446. The number of nitrogens with zero attached hydrogens (tertiary/aromatic N) is 4. The number of hydrogen-bond acceptors (Lipinski definition) is 4. The number of benzene rings is 1. The Kier molecular flexibility index (Phi) is 6.69. The summed E-state index contributed by atoms with van der Waals surface area (Å²) in [4.78, 5) is 29.3. The van der Waals surface area contributed by atoms with Gasteiger partial charge >= 0.3 is 0 Å². The van der Waals surface area contributed by atoms with Crippen LogP contribution in [0.2, 0.25) is 5.02 Å². The maximum absolute atomic E-state index is 12.5. The summed E-state index contributed by atoms with van der Waals surface area (Å²) in [5, 5.41) is 7.79. The van der Waals surface area contributed by atoms with Gasteiger partial charge in [-0.3, -0.25) is 14.5 Å². The van der Waals surface area contributed by atoms with Crippen LogP contribution in [0, 0.1) is 5.92 Å². The minimum atomic E-state index is -0.150. The van der Waals surface area contributed by atoms with Gasteiger partial charge in [-0.1, -0.05) is 36.6 Å². The number of amides is 2. The van der Waals surface area contributed by atoms with Crippen molar-refractivity contribution in [1.82, 2.24) is 24.9 Å². The molecule has 2 amide bonds. The summed E-state index contributed by atoms with van der Waals surface area (Å²) >= 11 is 6.19. The van der Waals surface area contributed by atoms with Crippen LogP contribution in [0.15, 0.2) is 36.7 Å². The lowest BCUT2D eigenvalue weighted by molar-refractivity contribution is -0.137. The lowest BCUT2D eigenvalue weighted by Crippen LogP contribution is -2.51. The standard InChI is InChI=1S/C22H28ClN5O2/c23-19-7-3-4-8-20(19)28-16-18(15-25-28)21(29)24-9-10-26-11-13-27(14-12-26)22(30)17-5-1-2-6-17/h3-4,7-8,15-17H,1-2,5-6,9-14H2,(H,24,29). The zero-order valence-corrected chi connectivity index (χ0v) is 17.9. The Morgan fingerprint density at radius 3 is 2.57 bits per heavy atom. The molecule has 7 nitrogen and oxygen atoms in total. The third-order valence-electron chi connectivity index (χ3n) is 6.05. The molecule has 1 aliphatic heterocycles. The summed E-state index contributed by atoms with van der Waals surface area (Å²) in [7, 11) is 0. The number of carbonyl (C=O) groups is 2. The first-order valence-electron chi connectivity index (χ1n) is 10.7. The molecular formula is C22H28ClN5O2. The first-order valence-corrected chi connectivity index (χ1v) is 11.1. The van der Waals surface area contributed by atoms with E-state index in [9.17, 15) is 9.59 Å². The van der Waals surface area contributed by atoms with Gasteiger partial charge in [0.2, 0.25) is 5.91 Å². The predicted octanol–water partition coefficient (Wildman–Crippen LogP) is 2.59. The number of aromatic nitrogens is 2. The third kappa shape index (κ3) is 4.84. The number of piperazine rings is 1. The average molecular weight is 430 g/mol. The van der Waals surface area contributed by atoms with Crippen LogP contribution in [-0.2, 0) is 4.79 Å². The average Bonchev–Trinajstić information content (AvgIpc) is 3.46. The maximum atomic E-state index is 12.5. The Labute approximate surface area is 182 Å². The number of hydrogen-bond donors (Lipinski definition) is 1. The van der Waals surface area contributed by atoms with Crippen LogP contribution in [0.1, 0.15) is 36.0 Å². The molecule has 0 bridgehead atoms. The number of para-hydroxylation sites is 1. The van der Waals surface area contributed by atoms with Gasteiger partial charge < -0.3 is 10.2 Å². The largest absolute Gasteiger partial charge is 0.351 e. The minimum Gasteiger partial charge on any atom is -0.351 e. The molecule has 1 aromatic carbocycles. The van der Waals surface area contributed by atoms with Gasteiger partial charge in [0, 0.05) is 51.4 Å². The van der Waals surface area contributed by atoms with Crippen LogP contribution in [-0.4, -0.2) is 70.7 Å². The van der Waals surface area contributed by atoms with Crippen molar-refractivity contribution >= 4 is 23.4 Å². The Morgan fingerprint density at radius 2 is 1.83 bits per heavy atom. The quantitative estimate of drug-likeness (QED) is 0.766. The van der Waals surface area contributed by atoms with E-state index in [4.69, 9.17) is 11.6 Å². The molecule has 1 aromatic heterocycles. The fourth-order valence-electron chi connectivity index (χ4n) is 4.26. The first kappa shape index (κ1) is 20.9. The molecule has 1 N–H and O–H groups in total. The molecule has 0 unspecified atom stereocenters. The second-order valence-corrected chi connectivity index (χ2v) is 8.44. The van der Waals surface area contributed by atoms with E-state index in [1.807, 2.05) is 23.1 Å². The van der Waals surface area contributed by atoms with Crippen LogP contribution in [0.5, 0.6) is 0 Å². The Balaban J connectivity index is 1.20. The molecule has 30 heavy (non-hydrogen) atoms. The van der Waals surface area contributed by atoms with Crippen LogP contribution in [0.25, 0.3) is 5.69 Å². The maximum Gasteiger partial charge on any atom is 0.254 e. The molecule has 8 heteroatoms. The summed E-state index contributed by atoms with van der Waals surface area (Å²) in [6, 6.07) is 7.38. The zero-order valence-electron chi connectivity index (χ0n) is 17.1. The topological polar surface area (TPSA) is 70.5 Å². The van der Waals surface area contributed by atoms with Crippen LogP contribution in [0.4, 0.5) is 0 Å². The number of halogens is 1. The fourth-order valence-corrected chi connectivity index (χ4v) is 4.48. The summed E-state index contributed by atoms with van der Waals surface area (Å²) in [6.07, 6.45) is 7.72. The summed E-state index contributed by atoms with van der Waals surface area (Å²) in [6.45, 7) is 4.63. The molecule has 2 heterocycles. The van der Waals surface area contributed by atoms with E-state index in [0.717, 1.165) is 51.3 Å². The molecule has 160 valence electrons. The molecule has 0 radical (unpaired) electrons. The second-order valence-electron chi connectivity index (χ2n) is 8.03. The van der Waals surface area contributed by atoms with Gasteiger partial charge in [0.25, 0.3) is 5.91 Å².